The van der Waals surface area contributed by atoms with Crippen LogP contribution in [0.3, 0.4) is 0 Å². The summed E-state index contributed by atoms with van der Waals surface area (Å²) in [7, 11) is 1.59. The molecule has 1 N–H and O–H groups in total. The van der Waals surface area contributed by atoms with Crippen LogP contribution in [0.4, 0.5) is 14.9 Å². The second-order valence-corrected chi connectivity index (χ2v) is 7.30. The Morgan fingerprint density at radius 3 is 2.93 bits per heavy atom. The third-order valence-electron chi connectivity index (χ3n) is 5.41. The van der Waals surface area contributed by atoms with Crippen molar-refractivity contribution >= 4 is 22.9 Å². The molecule has 0 saturated carbocycles. The molecule has 30 heavy (non-hydrogen) atoms. The van der Waals surface area contributed by atoms with Crippen LogP contribution in [0.25, 0.3) is 11.2 Å². The second-order valence-electron chi connectivity index (χ2n) is 7.30. The number of nitrogens with zero attached hydrogens (tertiary/aromatic N) is 4. The lowest BCUT2D eigenvalue weighted by molar-refractivity contribution is 0.176. The molecule has 4 rings (SSSR count). The Labute approximate surface area is 172 Å². The van der Waals surface area contributed by atoms with Gasteiger partial charge in [0.25, 0.3) is 0 Å². The predicted octanol–water partition coefficient (Wildman–Crippen LogP) is 2.85. The van der Waals surface area contributed by atoms with Crippen LogP contribution < -0.4 is 11.0 Å². The van der Waals surface area contributed by atoms with Gasteiger partial charge in [0.1, 0.15) is 5.82 Å². The smallest absolute Gasteiger partial charge is 0.330 e. The number of carbonyl (C=O) groups excluding carboxylic acids is 1. The predicted molar refractivity (Wildman–Crippen MR) is 111 cm³/mol. The summed E-state index contributed by atoms with van der Waals surface area (Å²) in [4.78, 5) is 31.9. The topological polar surface area (TPSA) is 81.4 Å². The number of hydrogen-bond acceptors (Lipinski definition) is 4. The average Bonchev–Trinajstić information content (AvgIpc) is 3.05. The minimum absolute atomic E-state index is 0.139. The van der Waals surface area contributed by atoms with Crippen molar-refractivity contribution in [2.45, 2.75) is 25.4 Å². The van der Waals surface area contributed by atoms with Crippen molar-refractivity contribution in [3.05, 3.63) is 58.9 Å². The first-order chi connectivity index (χ1) is 14.6. The lowest BCUT2D eigenvalue weighted by Gasteiger charge is -2.33. The minimum Gasteiger partial charge on any atom is -0.383 e. The molecule has 1 atom stereocenters. The lowest BCUT2D eigenvalue weighted by atomic mass is 10.1. The number of amides is 2. The molecular formula is C21H24FN5O3. The molecule has 0 radical (unpaired) electrons. The van der Waals surface area contributed by atoms with Crippen molar-refractivity contribution < 1.29 is 13.9 Å². The molecule has 3 heterocycles. The van der Waals surface area contributed by atoms with Gasteiger partial charge in [0, 0.05) is 26.4 Å². The average molecular weight is 413 g/mol. The molecule has 9 heteroatoms. The fraction of sp³-hybridized carbons (Fsp3) is 0.381. The van der Waals surface area contributed by atoms with Crippen LogP contribution in [-0.4, -0.2) is 51.9 Å². The van der Waals surface area contributed by atoms with Gasteiger partial charge in [-0.1, -0.05) is 12.1 Å². The van der Waals surface area contributed by atoms with E-state index in [1.807, 2.05) is 6.07 Å². The molecule has 1 saturated heterocycles. The van der Waals surface area contributed by atoms with Crippen LogP contribution in [0.5, 0.6) is 0 Å². The van der Waals surface area contributed by atoms with Gasteiger partial charge in [-0.2, -0.15) is 0 Å². The molecule has 1 aliphatic heterocycles. The number of piperidine rings is 1. The Balaban J connectivity index is 1.60. The van der Waals surface area contributed by atoms with Crippen LogP contribution in [-0.2, 0) is 11.3 Å². The van der Waals surface area contributed by atoms with E-state index in [2.05, 4.69) is 10.3 Å². The van der Waals surface area contributed by atoms with Crippen molar-refractivity contribution in [2.24, 2.45) is 0 Å². The summed E-state index contributed by atoms with van der Waals surface area (Å²) >= 11 is 0. The molecule has 1 aromatic carbocycles. The van der Waals surface area contributed by atoms with E-state index >= 15 is 0 Å². The van der Waals surface area contributed by atoms with E-state index < -0.39 is 5.82 Å². The summed E-state index contributed by atoms with van der Waals surface area (Å²) in [6.07, 6.45) is 3.15. The number of aromatic nitrogens is 3. The number of nitrogens with one attached hydrogen (secondary N) is 1. The maximum atomic E-state index is 13.9. The molecule has 1 aliphatic rings. The number of pyridine rings is 1. The summed E-state index contributed by atoms with van der Waals surface area (Å²) in [6, 6.07) is 9.12. The molecular weight excluding hydrogens is 389 g/mol. The fourth-order valence-electron chi connectivity index (χ4n) is 3.94. The third kappa shape index (κ3) is 3.80. The normalized spacial score (nSPS) is 16.7. The molecule has 2 aromatic heterocycles. The van der Waals surface area contributed by atoms with Crippen LogP contribution in [0.15, 0.2) is 47.4 Å². The highest BCUT2D eigenvalue weighted by molar-refractivity contribution is 5.89. The zero-order valence-electron chi connectivity index (χ0n) is 16.8. The van der Waals surface area contributed by atoms with Gasteiger partial charge in [0.2, 0.25) is 0 Å². The molecule has 2 amide bonds. The quantitative estimate of drug-likeness (QED) is 0.697. The van der Waals surface area contributed by atoms with Crippen LogP contribution >= 0.6 is 0 Å². The maximum absolute atomic E-state index is 13.9. The number of fused-ring (bicyclic) bond motifs is 1. The second kappa shape index (κ2) is 8.66. The van der Waals surface area contributed by atoms with Gasteiger partial charge >= 0.3 is 11.7 Å². The largest absolute Gasteiger partial charge is 0.383 e. The summed E-state index contributed by atoms with van der Waals surface area (Å²) in [5.74, 6) is -0.485. The zero-order chi connectivity index (χ0) is 21.1. The van der Waals surface area contributed by atoms with Crippen LogP contribution in [0.1, 0.15) is 18.9 Å². The molecule has 3 aromatic rings. The standard InChI is InChI=1S/C21H24FN5O3/c1-30-13-12-26-18-9-4-10-23-19(18)27(21(26)29)15-6-5-11-25(14-15)20(28)24-17-8-3-2-7-16(17)22/h2-4,7-10,15H,5-6,11-14H2,1H3,(H,24,28)/t15-/m0/s1. The van der Waals surface area contributed by atoms with Gasteiger partial charge in [-0.25, -0.2) is 19.0 Å². The summed E-state index contributed by atoms with van der Waals surface area (Å²) in [5, 5.41) is 2.62. The fourth-order valence-corrected chi connectivity index (χ4v) is 3.94. The number of halogens is 1. The first-order valence-electron chi connectivity index (χ1n) is 9.95. The monoisotopic (exact) mass is 413 g/mol. The van der Waals surface area contributed by atoms with Gasteiger partial charge in [-0.15, -0.1) is 0 Å². The van der Waals surface area contributed by atoms with E-state index in [1.54, 1.807) is 45.5 Å². The number of imidazole rings is 1. The number of likely N-dealkylation sites (tertiary alicyclic amines) is 1. The molecule has 0 aliphatic carbocycles. The van der Waals surface area contributed by atoms with Gasteiger partial charge in [-0.3, -0.25) is 9.13 Å². The number of carbonyl (C=O) groups is 1. The molecule has 0 bridgehead atoms. The number of ether oxygens (including phenoxy) is 1. The van der Waals surface area contributed by atoms with E-state index in [-0.39, 0.29) is 23.5 Å². The van der Waals surface area contributed by atoms with E-state index in [0.717, 1.165) is 18.4 Å². The van der Waals surface area contributed by atoms with E-state index in [9.17, 15) is 14.0 Å². The van der Waals surface area contributed by atoms with Crippen molar-refractivity contribution in [2.75, 3.05) is 32.1 Å². The molecule has 0 unspecified atom stereocenters. The number of hydrogen-bond donors (Lipinski definition) is 1. The van der Waals surface area contributed by atoms with Crippen molar-refractivity contribution in [3.8, 4) is 0 Å². The van der Waals surface area contributed by atoms with Crippen molar-refractivity contribution in [1.82, 2.24) is 19.0 Å². The Morgan fingerprint density at radius 2 is 2.13 bits per heavy atom. The Bertz CT molecular complexity index is 1110. The highest BCUT2D eigenvalue weighted by Crippen LogP contribution is 2.25. The summed E-state index contributed by atoms with van der Waals surface area (Å²) in [6.45, 7) is 1.73. The Hall–Kier alpha value is -3.20. The minimum atomic E-state index is -0.485. The highest BCUT2D eigenvalue weighted by atomic mass is 19.1. The van der Waals surface area contributed by atoms with Crippen molar-refractivity contribution in [1.29, 1.82) is 0 Å². The summed E-state index contributed by atoms with van der Waals surface area (Å²) < 4.78 is 22.4. The number of urea groups is 1. The SMILES string of the molecule is COCCn1c(=O)n([C@H]2CCCN(C(=O)Nc3ccccc3F)C2)c2ncccc21. The Morgan fingerprint density at radius 1 is 1.30 bits per heavy atom. The first kappa shape index (κ1) is 20.1. The first-order valence-corrected chi connectivity index (χ1v) is 9.95. The van der Waals surface area contributed by atoms with Crippen molar-refractivity contribution in [3.63, 3.8) is 0 Å². The molecule has 158 valence electrons. The molecule has 1 fully saturated rings. The van der Waals surface area contributed by atoms with Crippen LogP contribution in [0.2, 0.25) is 0 Å². The highest BCUT2D eigenvalue weighted by Gasteiger charge is 2.29. The van der Waals surface area contributed by atoms with Crippen LogP contribution in [0, 0.1) is 5.82 Å². The van der Waals surface area contributed by atoms with E-state index in [4.69, 9.17) is 4.74 Å². The maximum Gasteiger partial charge on any atom is 0.330 e. The number of rotatable bonds is 5. The zero-order valence-corrected chi connectivity index (χ0v) is 16.8. The number of benzene rings is 1. The number of para-hydroxylation sites is 1. The van der Waals surface area contributed by atoms with Gasteiger partial charge in [0.15, 0.2) is 5.65 Å². The van der Waals surface area contributed by atoms with Gasteiger partial charge < -0.3 is 15.0 Å². The number of methoxy groups -OCH3 is 1. The third-order valence-corrected chi connectivity index (χ3v) is 5.41. The number of anilines is 1. The van der Waals surface area contributed by atoms with Gasteiger partial charge in [0.05, 0.1) is 30.4 Å². The molecule has 8 nitrogen and oxygen atoms in total. The Kier molecular flexibility index (Phi) is 5.80. The lowest BCUT2D eigenvalue weighted by Crippen LogP contribution is -2.45. The molecule has 0 spiro atoms. The van der Waals surface area contributed by atoms with E-state index in [0.29, 0.717) is 31.9 Å². The van der Waals surface area contributed by atoms with Gasteiger partial charge in [-0.05, 0) is 37.1 Å². The summed E-state index contributed by atoms with van der Waals surface area (Å²) in [5.41, 5.74) is 1.31. The van der Waals surface area contributed by atoms with E-state index in [1.165, 1.54) is 12.1 Å².